The molecular formula is C16H12N2. The maximum Gasteiger partial charge on any atom is 0.0584 e. The highest BCUT2D eigenvalue weighted by atomic mass is 14.9. The van der Waals surface area contributed by atoms with Crippen molar-refractivity contribution in [1.82, 2.24) is 9.55 Å². The van der Waals surface area contributed by atoms with Crippen molar-refractivity contribution in [2.75, 3.05) is 0 Å². The second-order valence-corrected chi connectivity index (χ2v) is 4.63. The minimum Gasteiger partial charge on any atom is -0.343 e. The molecule has 86 valence electrons. The second kappa shape index (κ2) is 3.33. The molecule has 0 radical (unpaired) electrons. The number of aryl methyl sites for hydroxylation is 1. The maximum absolute atomic E-state index is 4.26. The summed E-state index contributed by atoms with van der Waals surface area (Å²) in [7, 11) is 2.12. The Labute approximate surface area is 104 Å². The Hall–Kier alpha value is -2.35. The van der Waals surface area contributed by atoms with Crippen molar-refractivity contribution >= 4 is 32.6 Å². The van der Waals surface area contributed by atoms with Crippen molar-refractivity contribution in [2.24, 2.45) is 7.05 Å². The molecule has 0 saturated heterocycles. The van der Waals surface area contributed by atoms with Crippen LogP contribution in [0.15, 0.2) is 54.9 Å². The van der Waals surface area contributed by atoms with Crippen molar-refractivity contribution in [3.8, 4) is 0 Å². The molecule has 2 nitrogen and oxygen atoms in total. The van der Waals surface area contributed by atoms with Crippen LogP contribution in [0.25, 0.3) is 32.6 Å². The molecule has 0 aliphatic heterocycles. The molecule has 0 amide bonds. The van der Waals surface area contributed by atoms with Gasteiger partial charge in [-0.15, -0.1) is 0 Å². The summed E-state index contributed by atoms with van der Waals surface area (Å²) in [6.07, 6.45) is 3.80. The van der Waals surface area contributed by atoms with E-state index in [1.165, 1.54) is 32.6 Å². The Bertz CT molecular complexity index is 887. The van der Waals surface area contributed by atoms with Crippen LogP contribution in [-0.2, 0) is 7.05 Å². The predicted octanol–water partition coefficient (Wildman–Crippen LogP) is 3.88. The number of aromatic nitrogens is 2. The molecular weight excluding hydrogens is 220 g/mol. The molecule has 2 heterocycles. The molecule has 0 aliphatic rings. The lowest BCUT2D eigenvalue weighted by molar-refractivity contribution is 1.02. The van der Waals surface area contributed by atoms with Crippen molar-refractivity contribution in [2.45, 2.75) is 0 Å². The van der Waals surface area contributed by atoms with E-state index in [4.69, 9.17) is 0 Å². The SMILES string of the molecule is Cn1c2ccccc2c2ccc3ccncc3c21. The van der Waals surface area contributed by atoms with Gasteiger partial charge in [0.25, 0.3) is 0 Å². The van der Waals surface area contributed by atoms with Gasteiger partial charge in [-0.1, -0.05) is 30.3 Å². The van der Waals surface area contributed by atoms with Gasteiger partial charge in [0.1, 0.15) is 0 Å². The molecule has 0 N–H and O–H groups in total. The van der Waals surface area contributed by atoms with Gasteiger partial charge in [-0.2, -0.15) is 0 Å². The van der Waals surface area contributed by atoms with Gasteiger partial charge in [-0.25, -0.2) is 0 Å². The van der Waals surface area contributed by atoms with Crippen LogP contribution in [0.2, 0.25) is 0 Å². The van der Waals surface area contributed by atoms with E-state index >= 15 is 0 Å². The van der Waals surface area contributed by atoms with Crippen LogP contribution < -0.4 is 0 Å². The number of hydrogen-bond acceptors (Lipinski definition) is 1. The van der Waals surface area contributed by atoms with Crippen molar-refractivity contribution in [3.05, 3.63) is 54.9 Å². The number of benzene rings is 2. The monoisotopic (exact) mass is 232 g/mol. The Balaban J connectivity index is 2.39. The van der Waals surface area contributed by atoms with Gasteiger partial charge in [-0.05, 0) is 17.5 Å². The van der Waals surface area contributed by atoms with Crippen LogP contribution >= 0.6 is 0 Å². The average molecular weight is 232 g/mol. The van der Waals surface area contributed by atoms with Crippen LogP contribution in [0.4, 0.5) is 0 Å². The number of hydrogen-bond donors (Lipinski definition) is 0. The normalized spacial score (nSPS) is 11.6. The van der Waals surface area contributed by atoms with E-state index < -0.39 is 0 Å². The van der Waals surface area contributed by atoms with E-state index in [2.05, 4.69) is 59.1 Å². The second-order valence-electron chi connectivity index (χ2n) is 4.63. The van der Waals surface area contributed by atoms with Crippen LogP contribution in [0.3, 0.4) is 0 Å². The van der Waals surface area contributed by atoms with Gasteiger partial charge in [0.15, 0.2) is 0 Å². The molecule has 18 heavy (non-hydrogen) atoms. The highest BCUT2D eigenvalue weighted by Gasteiger charge is 2.10. The molecule has 0 unspecified atom stereocenters. The Morgan fingerprint density at radius 2 is 1.78 bits per heavy atom. The zero-order valence-electron chi connectivity index (χ0n) is 10.1. The first-order valence-electron chi connectivity index (χ1n) is 6.06. The number of rotatable bonds is 0. The number of fused-ring (bicyclic) bond motifs is 5. The quantitative estimate of drug-likeness (QED) is 0.450. The first-order valence-corrected chi connectivity index (χ1v) is 6.06. The van der Waals surface area contributed by atoms with Crippen molar-refractivity contribution in [3.63, 3.8) is 0 Å². The Kier molecular flexibility index (Phi) is 1.78. The molecule has 2 aromatic carbocycles. The van der Waals surface area contributed by atoms with E-state index in [1.54, 1.807) is 0 Å². The number of pyridine rings is 1. The van der Waals surface area contributed by atoms with E-state index in [0.29, 0.717) is 0 Å². The summed E-state index contributed by atoms with van der Waals surface area (Å²) in [5.41, 5.74) is 2.53. The molecule has 0 spiro atoms. The Morgan fingerprint density at radius 1 is 0.889 bits per heavy atom. The number of para-hydroxylation sites is 1. The molecule has 0 fully saturated rings. The summed E-state index contributed by atoms with van der Waals surface area (Å²) >= 11 is 0. The minimum atomic E-state index is 1.22. The molecule has 0 bridgehead atoms. The first kappa shape index (κ1) is 9.66. The van der Waals surface area contributed by atoms with Crippen LogP contribution in [0, 0.1) is 0 Å². The third-order valence-electron chi connectivity index (χ3n) is 3.69. The third kappa shape index (κ3) is 1.10. The molecule has 0 aliphatic carbocycles. The molecule has 2 aromatic heterocycles. The third-order valence-corrected chi connectivity index (χ3v) is 3.69. The smallest absolute Gasteiger partial charge is 0.0584 e. The average Bonchev–Trinajstić information content (AvgIpc) is 2.73. The molecule has 0 saturated carbocycles. The van der Waals surface area contributed by atoms with Crippen LogP contribution in [0.1, 0.15) is 0 Å². The van der Waals surface area contributed by atoms with E-state index in [9.17, 15) is 0 Å². The van der Waals surface area contributed by atoms with Gasteiger partial charge in [0, 0.05) is 41.1 Å². The van der Waals surface area contributed by atoms with E-state index in [0.717, 1.165) is 0 Å². The summed E-state index contributed by atoms with van der Waals surface area (Å²) in [6, 6.07) is 15.0. The fourth-order valence-corrected chi connectivity index (χ4v) is 2.84. The topological polar surface area (TPSA) is 17.8 Å². The summed E-state index contributed by atoms with van der Waals surface area (Å²) in [4.78, 5) is 4.26. The molecule has 0 atom stereocenters. The van der Waals surface area contributed by atoms with Crippen molar-refractivity contribution < 1.29 is 0 Å². The van der Waals surface area contributed by atoms with Gasteiger partial charge in [0.2, 0.25) is 0 Å². The van der Waals surface area contributed by atoms with Gasteiger partial charge < -0.3 is 4.57 Å². The van der Waals surface area contributed by atoms with Crippen LogP contribution in [0.5, 0.6) is 0 Å². The molecule has 4 rings (SSSR count). The summed E-state index contributed by atoms with van der Waals surface area (Å²) in [5, 5.41) is 5.06. The zero-order chi connectivity index (χ0) is 12.1. The largest absolute Gasteiger partial charge is 0.343 e. The predicted molar refractivity (Wildman–Crippen MR) is 75.7 cm³/mol. The molecule has 2 heteroatoms. The van der Waals surface area contributed by atoms with Crippen LogP contribution in [-0.4, -0.2) is 9.55 Å². The molecule has 4 aromatic rings. The van der Waals surface area contributed by atoms with Crippen molar-refractivity contribution in [1.29, 1.82) is 0 Å². The zero-order valence-corrected chi connectivity index (χ0v) is 10.1. The first-order chi connectivity index (χ1) is 8.86. The maximum atomic E-state index is 4.26. The lowest BCUT2D eigenvalue weighted by Gasteiger charge is -2.02. The minimum absolute atomic E-state index is 1.22. The fourth-order valence-electron chi connectivity index (χ4n) is 2.84. The number of nitrogens with zero attached hydrogens (tertiary/aromatic N) is 2. The Morgan fingerprint density at radius 3 is 2.72 bits per heavy atom. The summed E-state index contributed by atoms with van der Waals surface area (Å²) < 4.78 is 2.26. The van der Waals surface area contributed by atoms with E-state index in [1.807, 2.05) is 12.4 Å². The summed E-state index contributed by atoms with van der Waals surface area (Å²) in [5.74, 6) is 0. The van der Waals surface area contributed by atoms with Gasteiger partial charge in [0.05, 0.1) is 5.52 Å². The lowest BCUT2D eigenvalue weighted by atomic mass is 10.1. The lowest BCUT2D eigenvalue weighted by Crippen LogP contribution is -1.87. The standard InChI is InChI=1S/C16H12N2/c1-18-15-5-3-2-4-12(15)13-7-6-11-8-9-17-10-14(11)16(13)18/h2-10H,1H3. The van der Waals surface area contributed by atoms with Gasteiger partial charge in [-0.3, -0.25) is 4.98 Å². The van der Waals surface area contributed by atoms with E-state index in [-0.39, 0.29) is 0 Å². The highest BCUT2D eigenvalue weighted by Crippen LogP contribution is 2.32. The van der Waals surface area contributed by atoms with Gasteiger partial charge >= 0.3 is 0 Å². The summed E-state index contributed by atoms with van der Waals surface area (Å²) in [6.45, 7) is 0. The highest BCUT2D eigenvalue weighted by molar-refractivity contribution is 6.17. The fraction of sp³-hybridized carbons (Fsp3) is 0.0625.